The van der Waals surface area contributed by atoms with Crippen LogP contribution in [0, 0.1) is 12.7 Å². The summed E-state index contributed by atoms with van der Waals surface area (Å²) in [5.41, 5.74) is 1.84. The summed E-state index contributed by atoms with van der Waals surface area (Å²) in [5, 5.41) is 5.71. The first-order valence-corrected chi connectivity index (χ1v) is 8.46. The second-order valence-electron chi connectivity index (χ2n) is 5.74. The average Bonchev–Trinajstić information content (AvgIpc) is 2.63. The normalized spacial score (nSPS) is 10.3. The number of hydrogen-bond donors (Lipinski definition) is 2. The van der Waals surface area contributed by atoms with Crippen molar-refractivity contribution in [3.05, 3.63) is 71.8 Å². The Morgan fingerprint density at radius 2 is 1.93 bits per heavy atom. The number of carbonyl (C=O) groups excluding carboxylic acids is 1. The first-order chi connectivity index (χ1) is 13.0. The Morgan fingerprint density at radius 3 is 2.70 bits per heavy atom. The van der Waals surface area contributed by atoms with Gasteiger partial charge >= 0.3 is 0 Å². The monoisotopic (exact) mass is 366 g/mol. The maximum Gasteiger partial charge on any atom is 0.274 e. The van der Waals surface area contributed by atoms with Crippen molar-refractivity contribution in [2.75, 3.05) is 17.2 Å². The zero-order valence-electron chi connectivity index (χ0n) is 15.0. The number of carbonyl (C=O) groups is 1. The molecule has 0 fully saturated rings. The van der Waals surface area contributed by atoms with E-state index in [1.807, 2.05) is 13.0 Å². The van der Waals surface area contributed by atoms with Crippen LogP contribution in [-0.4, -0.2) is 22.5 Å². The van der Waals surface area contributed by atoms with Crippen LogP contribution in [0.25, 0.3) is 0 Å². The maximum atomic E-state index is 13.3. The SMILES string of the molecule is CCOc1ccccc1NC(=O)c1cc(C)nc(Nc2cccc(F)c2)n1. The van der Waals surface area contributed by atoms with Gasteiger partial charge in [0.25, 0.3) is 5.91 Å². The van der Waals surface area contributed by atoms with Gasteiger partial charge in [-0.2, -0.15) is 0 Å². The Kier molecular flexibility index (Phi) is 5.61. The molecule has 0 atom stereocenters. The minimum absolute atomic E-state index is 0.188. The Hall–Kier alpha value is -3.48. The number of nitrogens with zero attached hydrogens (tertiary/aromatic N) is 2. The zero-order chi connectivity index (χ0) is 19.2. The fourth-order valence-electron chi connectivity index (χ4n) is 2.47. The number of benzene rings is 2. The van der Waals surface area contributed by atoms with Gasteiger partial charge in [-0.15, -0.1) is 0 Å². The molecular formula is C20H19FN4O2. The Morgan fingerprint density at radius 1 is 1.11 bits per heavy atom. The minimum atomic E-state index is -0.394. The van der Waals surface area contributed by atoms with Crippen LogP contribution in [0.5, 0.6) is 5.75 Å². The lowest BCUT2D eigenvalue weighted by molar-refractivity contribution is 0.102. The van der Waals surface area contributed by atoms with Crippen molar-refractivity contribution in [2.24, 2.45) is 0 Å². The van der Waals surface area contributed by atoms with Crippen molar-refractivity contribution >= 4 is 23.2 Å². The third-order valence-electron chi connectivity index (χ3n) is 3.60. The van der Waals surface area contributed by atoms with Gasteiger partial charge in [-0.25, -0.2) is 14.4 Å². The van der Waals surface area contributed by atoms with Crippen molar-refractivity contribution in [1.29, 1.82) is 0 Å². The van der Waals surface area contributed by atoms with Crippen LogP contribution >= 0.6 is 0 Å². The molecule has 6 nitrogen and oxygen atoms in total. The van der Waals surface area contributed by atoms with Crippen LogP contribution in [0.1, 0.15) is 23.1 Å². The van der Waals surface area contributed by atoms with Crippen molar-refractivity contribution in [3.8, 4) is 5.75 Å². The molecule has 0 radical (unpaired) electrons. The highest BCUT2D eigenvalue weighted by Gasteiger charge is 2.13. The highest BCUT2D eigenvalue weighted by Crippen LogP contribution is 2.24. The Balaban J connectivity index is 1.82. The molecule has 1 aromatic heterocycles. The standard InChI is InChI=1S/C20H19FN4O2/c1-3-27-18-10-5-4-9-16(18)24-19(26)17-11-13(2)22-20(25-17)23-15-8-6-7-14(21)12-15/h4-12H,3H2,1-2H3,(H,24,26)(H,22,23,25). The second kappa shape index (κ2) is 8.27. The highest BCUT2D eigenvalue weighted by molar-refractivity contribution is 6.03. The van der Waals surface area contributed by atoms with Crippen molar-refractivity contribution < 1.29 is 13.9 Å². The van der Waals surface area contributed by atoms with Gasteiger partial charge in [0.1, 0.15) is 17.3 Å². The molecular weight excluding hydrogens is 347 g/mol. The van der Waals surface area contributed by atoms with E-state index in [9.17, 15) is 9.18 Å². The number of aryl methyl sites for hydroxylation is 1. The molecule has 0 spiro atoms. The lowest BCUT2D eigenvalue weighted by Crippen LogP contribution is -2.16. The van der Waals surface area contributed by atoms with Crippen LogP contribution in [0.4, 0.5) is 21.7 Å². The summed E-state index contributed by atoms with van der Waals surface area (Å²) in [7, 11) is 0. The quantitative estimate of drug-likeness (QED) is 0.679. The number of para-hydroxylation sites is 2. The molecule has 0 unspecified atom stereocenters. The predicted octanol–water partition coefficient (Wildman–Crippen LogP) is 4.32. The summed E-state index contributed by atoms with van der Waals surface area (Å²) >= 11 is 0. The zero-order valence-corrected chi connectivity index (χ0v) is 15.0. The van der Waals surface area contributed by atoms with Gasteiger partial charge in [-0.05, 0) is 50.2 Å². The molecule has 2 N–H and O–H groups in total. The van der Waals surface area contributed by atoms with Crippen LogP contribution in [0.15, 0.2) is 54.6 Å². The van der Waals surface area contributed by atoms with E-state index in [-0.39, 0.29) is 17.5 Å². The summed E-state index contributed by atoms with van der Waals surface area (Å²) in [6.45, 7) is 4.11. The molecule has 27 heavy (non-hydrogen) atoms. The third-order valence-corrected chi connectivity index (χ3v) is 3.60. The Labute approximate surface area is 156 Å². The summed E-state index contributed by atoms with van der Waals surface area (Å²) in [5.74, 6) is 0.0224. The van der Waals surface area contributed by atoms with Gasteiger partial charge in [0.05, 0.1) is 12.3 Å². The summed E-state index contributed by atoms with van der Waals surface area (Å²) < 4.78 is 18.9. The molecule has 7 heteroatoms. The number of anilines is 3. The number of rotatable bonds is 6. The molecule has 0 saturated carbocycles. The van der Waals surface area contributed by atoms with E-state index < -0.39 is 5.91 Å². The van der Waals surface area contributed by atoms with E-state index in [2.05, 4.69) is 20.6 Å². The lowest BCUT2D eigenvalue weighted by atomic mass is 10.2. The van der Waals surface area contributed by atoms with Gasteiger partial charge in [0.2, 0.25) is 5.95 Å². The average molecular weight is 366 g/mol. The molecule has 0 aliphatic carbocycles. The molecule has 3 rings (SSSR count). The largest absolute Gasteiger partial charge is 0.492 e. The van der Waals surface area contributed by atoms with Crippen LogP contribution in [-0.2, 0) is 0 Å². The maximum absolute atomic E-state index is 13.3. The summed E-state index contributed by atoms with van der Waals surface area (Å²) in [4.78, 5) is 21.1. The first-order valence-electron chi connectivity index (χ1n) is 8.46. The van der Waals surface area contributed by atoms with E-state index in [0.29, 0.717) is 29.4 Å². The summed E-state index contributed by atoms with van der Waals surface area (Å²) in [6.07, 6.45) is 0. The van der Waals surface area contributed by atoms with Crippen LogP contribution in [0.3, 0.4) is 0 Å². The van der Waals surface area contributed by atoms with E-state index in [0.717, 1.165) is 0 Å². The van der Waals surface area contributed by atoms with Crippen LogP contribution in [0.2, 0.25) is 0 Å². The molecule has 1 amide bonds. The van der Waals surface area contributed by atoms with E-state index in [1.54, 1.807) is 43.3 Å². The number of amides is 1. The number of nitrogens with one attached hydrogen (secondary N) is 2. The second-order valence-corrected chi connectivity index (χ2v) is 5.74. The summed E-state index contributed by atoms with van der Waals surface area (Å²) in [6, 6.07) is 14.7. The fourth-order valence-corrected chi connectivity index (χ4v) is 2.47. The minimum Gasteiger partial charge on any atom is -0.492 e. The molecule has 0 bridgehead atoms. The fraction of sp³-hybridized carbons (Fsp3) is 0.150. The number of ether oxygens (including phenoxy) is 1. The van der Waals surface area contributed by atoms with Crippen molar-refractivity contribution in [2.45, 2.75) is 13.8 Å². The number of hydrogen-bond acceptors (Lipinski definition) is 5. The molecule has 0 saturated heterocycles. The van der Waals surface area contributed by atoms with Gasteiger partial charge in [0.15, 0.2) is 0 Å². The van der Waals surface area contributed by atoms with Gasteiger partial charge in [-0.3, -0.25) is 4.79 Å². The van der Waals surface area contributed by atoms with E-state index in [4.69, 9.17) is 4.74 Å². The molecule has 0 aliphatic rings. The lowest BCUT2D eigenvalue weighted by Gasteiger charge is -2.12. The molecule has 0 aliphatic heterocycles. The molecule has 138 valence electrons. The van der Waals surface area contributed by atoms with Gasteiger partial charge in [-0.1, -0.05) is 18.2 Å². The number of halogens is 1. The van der Waals surface area contributed by atoms with E-state index >= 15 is 0 Å². The topological polar surface area (TPSA) is 76.1 Å². The molecule has 2 aromatic carbocycles. The van der Waals surface area contributed by atoms with Crippen LogP contribution < -0.4 is 15.4 Å². The predicted molar refractivity (Wildman–Crippen MR) is 102 cm³/mol. The van der Waals surface area contributed by atoms with E-state index in [1.165, 1.54) is 12.1 Å². The van der Waals surface area contributed by atoms with Gasteiger partial charge < -0.3 is 15.4 Å². The third kappa shape index (κ3) is 4.78. The highest BCUT2D eigenvalue weighted by atomic mass is 19.1. The van der Waals surface area contributed by atoms with Crippen molar-refractivity contribution in [1.82, 2.24) is 9.97 Å². The van der Waals surface area contributed by atoms with Crippen molar-refractivity contribution in [3.63, 3.8) is 0 Å². The number of aromatic nitrogens is 2. The first kappa shape index (κ1) is 18.3. The Bertz CT molecular complexity index is 962. The smallest absolute Gasteiger partial charge is 0.274 e. The molecule has 1 heterocycles. The van der Waals surface area contributed by atoms with Gasteiger partial charge in [0, 0.05) is 11.4 Å². The molecule has 3 aromatic rings.